The molecule has 0 aliphatic carbocycles. The third kappa shape index (κ3) is 3.92. The van der Waals surface area contributed by atoms with Gasteiger partial charge in [0, 0.05) is 32.2 Å². The Balaban J connectivity index is 1.62. The van der Waals surface area contributed by atoms with Crippen molar-refractivity contribution in [3.8, 4) is 0 Å². The molecule has 0 bridgehead atoms. The van der Waals surface area contributed by atoms with Gasteiger partial charge in [-0.1, -0.05) is 32.9 Å². The minimum Gasteiger partial charge on any atom is -0.375 e. The predicted molar refractivity (Wildman–Crippen MR) is 112 cm³/mol. The summed E-state index contributed by atoms with van der Waals surface area (Å²) in [6.45, 7) is 13.6. The number of nitrogens with zero attached hydrogens (tertiary/aromatic N) is 2. The molecular formula is C23H35N3O2. The van der Waals surface area contributed by atoms with E-state index in [0.29, 0.717) is 25.7 Å². The van der Waals surface area contributed by atoms with E-state index in [1.807, 2.05) is 11.8 Å². The maximum Gasteiger partial charge on any atom is 0.320 e. The summed E-state index contributed by atoms with van der Waals surface area (Å²) in [5.74, 6) is 0. The van der Waals surface area contributed by atoms with Gasteiger partial charge in [0.15, 0.2) is 0 Å². The molecular weight excluding hydrogens is 350 g/mol. The van der Waals surface area contributed by atoms with Gasteiger partial charge in [-0.25, -0.2) is 4.79 Å². The molecule has 3 heterocycles. The van der Waals surface area contributed by atoms with Crippen molar-refractivity contribution in [3.63, 3.8) is 0 Å². The van der Waals surface area contributed by atoms with E-state index in [4.69, 9.17) is 4.74 Å². The van der Waals surface area contributed by atoms with Gasteiger partial charge < -0.3 is 19.9 Å². The molecule has 2 atom stereocenters. The molecule has 0 saturated carbocycles. The van der Waals surface area contributed by atoms with Gasteiger partial charge in [0.2, 0.25) is 0 Å². The van der Waals surface area contributed by atoms with Crippen LogP contribution in [-0.2, 0) is 23.1 Å². The van der Waals surface area contributed by atoms with Crippen LogP contribution in [0.2, 0.25) is 0 Å². The first kappa shape index (κ1) is 19.7. The molecule has 2 fully saturated rings. The maximum atomic E-state index is 13.1. The highest BCUT2D eigenvalue weighted by Crippen LogP contribution is 2.36. The fourth-order valence-electron chi connectivity index (χ4n) is 4.75. The molecule has 154 valence electrons. The van der Waals surface area contributed by atoms with Crippen LogP contribution >= 0.6 is 0 Å². The minimum atomic E-state index is 0.127. The normalized spacial score (nSPS) is 25.7. The molecule has 0 radical (unpaired) electrons. The summed E-state index contributed by atoms with van der Waals surface area (Å²) < 4.78 is 5.61. The van der Waals surface area contributed by atoms with Gasteiger partial charge in [0.05, 0.1) is 12.7 Å². The molecule has 2 saturated heterocycles. The Hall–Kier alpha value is -1.59. The molecule has 3 aliphatic heterocycles. The van der Waals surface area contributed by atoms with Crippen molar-refractivity contribution in [2.75, 3.05) is 32.8 Å². The third-order valence-corrected chi connectivity index (χ3v) is 6.46. The van der Waals surface area contributed by atoms with Crippen LogP contribution < -0.4 is 5.32 Å². The zero-order chi connectivity index (χ0) is 19.9. The van der Waals surface area contributed by atoms with E-state index in [9.17, 15) is 4.79 Å². The summed E-state index contributed by atoms with van der Waals surface area (Å²) in [4.78, 5) is 17.2. The molecule has 1 N–H and O–H groups in total. The van der Waals surface area contributed by atoms with Crippen molar-refractivity contribution in [1.82, 2.24) is 15.1 Å². The largest absolute Gasteiger partial charge is 0.375 e. The van der Waals surface area contributed by atoms with Crippen molar-refractivity contribution in [2.24, 2.45) is 0 Å². The number of amides is 2. The highest BCUT2D eigenvalue weighted by molar-refractivity contribution is 5.75. The number of rotatable bonds is 1. The van der Waals surface area contributed by atoms with Gasteiger partial charge >= 0.3 is 6.03 Å². The molecule has 1 aromatic rings. The minimum absolute atomic E-state index is 0.127. The number of fused-ring (bicyclic) bond motifs is 1. The monoisotopic (exact) mass is 385 g/mol. The molecule has 5 nitrogen and oxygen atoms in total. The summed E-state index contributed by atoms with van der Waals surface area (Å²) in [6, 6.07) is 5.40. The number of benzene rings is 1. The van der Waals surface area contributed by atoms with Gasteiger partial charge in [-0.15, -0.1) is 0 Å². The van der Waals surface area contributed by atoms with E-state index in [1.165, 1.54) is 35.1 Å². The molecule has 28 heavy (non-hydrogen) atoms. The molecule has 1 aromatic carbocycles. The van der Waals surface area contributed by atoms with Crippen molar-refractivity contribution < 1.29 is 9.53 Å². The number of nitrogens with one attached hydrogen (secondary N) is 1. The van der Waals surface area contributed by atoms with Crippen LogP contribution in [-0.4, -0.2) is 54.7 Å². The lowest BCUT2D eigenvalue weighted by Crippen LogP contribution is -2.51. The first-order valence-corrected chi connectivity index (χ1v) is 10.9. The van der Waals surface area contributed by atoms with Crippen LogP contribution in [0.15, 0.2) is 12.1 Å². The predicted octanol–water partition coefficient (Wildman–Crippen LogP) is 3.61. The van der Waals surface area contributed by atoms with Gasteiger partial charge in [0.25, 0.3) is 0 Å². The molecule has 0 spiro atoms. The van der Waals surface area contributed by atoms with E-state index >= 15 is 0 Å². The van der Waals surface area contributed by atoms with Gasteiger partial charge in [-0.2, -0.15) is 0 Å². The molecule has 0 aromatic heterocycles. The second kappa shape index (κ2) is 7.68. The van der Waals surface area contributed by atoms with Crippen molar-refractivity contribution in [1.29, 1.82) is 0 Å². The summed E-state index contributed by atoms with van der Waals surface area (Å²) in [6.07, 6.45) is 3.50. The second-order valence-corrected chi connectivity index (χ2v) is 9.68. The first-order valence-electron chi connectivity index (χ1n) is 10.9. The van der Waals surface area contributed by atoms with Crippen LogP contribution in [0.4, 0.5) is 4.79 Å². The van der Waals surface area contributed by atoms with Crippen molar-refractivity contribution in [3.05, 3.63) is 34.4 Å². The number of urea groups is 1. The molecule has 0 unspecified atom stereocenters. The Morgan fingerprint density at radius 1 is 1.21 bits per heavy atom. The van der Waals surface area contributed by atoms with E-state index in [1.54, 1.807) is 0 Å². The van der Waals surface area contributed by atoms with Crippen molar-refractivity contribution >= 4 is 6.03 Å². The van der Waals surface area contributed by atoms with Crippen LogP contribution in [0.1, 0.15) is 68.8 Å². The molecule has 3 aliphatic rings. The average molecular weight is 386 g/mol. The van der Waals surface area contributed by atoms with Crippen LogP contribution in [0.25, 0.3) is 0 Å². The lowest BCUT2D eigenvalue weighted by atomic mass is 9.80. The van der Waals surface area contributed by atoms with E-state index in [-0.39, 0.29) is 17.6 Å². The van der Waals surface area contributed by atoms with Crippen LogP contribution in [0.5, 0.6) is 0 Å². The smallest absolute Gasteiger partial charge is 0.320 e. The van der Waals surface area contributed by atoms with Crippen LogP contribution in [0, 0.1) is 0 Å². The average Bonchev–Trinajstić information content (AvgIpc) is 3.20. The number of morpholine rings is 1. The zero-order valence-corrected chi connectivity index (χ0v) is 17.9. The van der Waals surface area contributed by atoms with Crippen LogP contribution in [0.3, 0.4) is 0 Å². The quantitative estimate of drug-likeness (QED) is 0.803. The standard InChI is InChI=1S/C23H35N3O2/c1-16-14-26(10-11-28-16)22(27)25-9-7-17-12-18(23(2,3)4)13-19(20(17)15-25)21-6-5-8-24-21/h12-13,16,21,24H,5-11,14-15H2,1-4H3/t16-,21+/m1/s1. The number of carbonyl (C=O) groups is 1. The highest BCUT2D eigenvalue weighted by Gasteiger charge is 2.32. The molecule has 2 amide bonds. The van der Waals surface area contributed by atoms with E-state index in [2.05, 4.69) is 43.1 Å². The Labute approximate surface area is 169 Å². The number of hydrogen-bond acceptors (Lipinski definition) is 3. The van der Waals surface area contributed by atoms with Gasteiger partial charge in [0.1, 0.15) is 0 Å². The van der Waals surface area contributed by atoms with Gasteiger partial charge in [-0.05, 0) is 60.4 Å². The first-order chi connectivity index (χ1) is 13.3. The van der Waals surface area contributed by atoms with E-state index in [0.717, 1.165) is 26.1 Å². The van der Waals surface area contributed by atoms with E-state index < -0.39 is 0 Å². The highest BCUT2D eigenvalue weighted by atomic mass is 16.5. The summed E-state index contributed by atoms with van der Waals surface area (Å²) in [7, 11) is 0. The lowest BCUT2D eigenvalue weighted by molar-refractivity contribution is -0.00975. The maximum absolute atomic E-state index is 13.1. The second-order valence-electron chi connectivity index (χ2n) is 9.68. The van der Waals surface area contributed by atoms with Crippen molar-refractivity contribution in [2.45, 2.75) is 71.1 Å². The fraction of sp³-hybridized carbons (Fsp3) is 0.696. The zero-order valence-electron chi connectivity index (χ0n) is 17.9. The van der Waals surface area contributed by atoms with Gasteiger partial charge in [-0.3, -0.25) is 0 Å². The number of hydrogen-bond donors (Lipinski definition) is 1. The Bertz CT molecular complexity index is 734. The molecule has 4 rings (SSSR count). The Kier molecular flexibility index (Phi) is 5.41. The fourth-order valence-corrected chi connectivity index (χ4v) is 4.75. The Morgan fingerprint density at radius 3 is 2.71 bits per heavy atom. The summed E-state index contributed by atoms with van der Waals surface area (Å²) >= 11 is 0. The topological polar surface area (TPSA) is 44.8 Å². The lowest BCUT2D eigenvalue weighted by Gasteiger charge is -2.38. The SMILES string of the molecule is C[C@@H]1CN(C(=O)N2CCc3cc(C(C)(C)C)cc([C@@H]4CCCN4)c3C2)CCO1. The third-order valence-electron chi connectivity index (χ3n) is 6.46. The summed E-state index contributed by atoms with van der Waals surface area (Å²) in [5.41, 5.74) is 5.80. The number of ether oxygens (including phenoxy) is 1. The Morgan fingerprint density at radius 2 is 2.04 bits per heavy atom. The summed E-state index contributed by atoms with van der Waals surface area (Å²) in [5, 5.41) is 3.68. The number of carbonyl (C=O) groups excluding carboxylic acids is 1. The molecule has 5 heteroatoms.